The minimum atomic E-state index is -2.11. The highest BCUT2D eigenvalue weighted by atomic mass is 16.7. The van der Waals surface area contributed by atoms with E-state index in [1.54, 1.807) is 0 Å². The van der Waals surface area contributed by atoms with Gasteiger partial charge in [0.25, 0.3) is 5.91 Å². The van der Waals surface area contributed by atoms with E-state index < -0.39 is 90.9 Å². The summed E-state index contributed by atoms with van der Waals surface area (Å²) in [6, 6.07) is 0. The van der Waals surface area contributed by atoms with E-state index in [9.17, 15) is 38.4 Å². The lowest BCUT2D eigenvalue weighted by atomic mass is 9.94. The third-order valence-corrected chi connectivity index (χ3v) is 4.19. The highest BCUT2D eigenvalue weighted by molar-refractivity contribution is 5.83. The molecule has 0 bridgehead atoms. The van der Waals surface area contributed by atoms with Crippen molar-refractivity contribution in [1.82, 2.24) is 0 Å². The van der Waals surface area contributed by atoms with Crippen LogP contribution in [0, 0.1) is 0 Å². The number of amides is 1. The lowest BCUT2D eigenvalue weighted by Crippen LogP contribution is -2.61. The van der Waals surface area contributed by atoms with Crippen LogP contribution in [-0.4, -0.2) is 90.9 Å². The molecular formula is C22H31NO15. The summed E-state index contributed by atoms with van der Waals surface area (Å²) < 4.78 is 35.6. The Balaban J connectivity index is 7.22. The van der Waals surface area contributed by atoms with Crippen LogP contribution < -0.4 is 5.73 Å². The molecule has 16 heteroatoms. The summed E-state index contributed by atoms with van der Waals surface area (Å²) in [6.45, 7) is 5.71. The number of esters is 7. The number of carbonyl (C=O) groups excluding carboxylic acids is 8. The first-order valence-electron chi connectivity index (χ1n) is 10.9. The van der Waals surface area contributed by atoms with E-state index in [0.29, 0.717) is 0 Å². The van der Waals surface area contributed by atoms with Crippen LogP contribution in [0.3, 0.4) is 0 Å². The summed E-state index contributed by atoms with van der Waals surface area (Å²) >= 11 is 0. The van der Waals surface area contributed by atoms with E-state index >= 15 is 0 Å². The maximum Gasteiger partial charge on any atom is 0.303 e. The fraction of sp³-hybridized carbons (Fsp3) is 0.636. The standard InChI is InChI=1S/C22H31NO15/c1-9(24)32-8-16(33-10(2)25)17(34-11(3)26)18(35-12(4)27)19(36-13(5)28)20(37-14(6)29)21(22(23)31)38-15(7)30/h16-21H,8H2,1-7H3,(H2,23,31)/t16-,17-,18+,19-,20-,21+/m1/s1. The largest absolute Gasteiger partial charge is 0.462 e. The highest BCUT2D eigenvalue weighted by Gasteiger charge is 2.52. The Labute approximate surface area is 217 Å². The predicted molar refractivity (Wildman–Crippen MR) is 119 cm³/mol. The second-order valence-corrected chi connectivity index (χ2v) is 7.68. The number of primary amides is 1. The van der Waals surface area contributed by atoms with Crippen LogP contribution in [0.25, 0.3) is 0 Å². The van der Waals surface area contributed by atoms with Crippen molar-refractivity contribution < 1.29 is 71.5 Å². The van der Waals surface area contributed by atoms with Crippen molar-refractivity contribution in [2.45, 2.75) is 85.1 Å². The minimum Gasteiger partial charge on any atom is -0.462 e. The number of ether oxygens (including phenoxy) is 7. The van der Waals surface area contributed by atoms with E-state index in [-0.39, 0.29) is 0 Å². The molecule has 0 aromatic rings. The van der Waals surface area contributed by atoms with E-state index in [1.807, 2.05) is 0 Å². The van der Waals surface area contributed by atoms with Crippen LogP contribution in [0.2, 0.25) is 0 Å². The zero-order valence-electron chi connectivity index (χ0n) is 21.9. The Morgan fingerprint density at radius 3 is 1.16 bits per heavy atom. The molecule has 0 unspecified atom stereocenters. The van der Waals surface area contributed by atoms with Crippen LogP contribution in [0.5, 0.6) is 0 Å². The van der Waals surface area contributed by atoms with Crippen molar-refractivity contribution in [3.05, 3.63) is 0 Å². The number of nitrogens with two attached hydrogens (primary N) is 1. The molecule has 0 aromatic heterocycles. The normalized spacial score (nSPS) is 15.1. The molecule has 214 valence electrons. The van der Waals surface area contributed by atoms with Gasteiger partial charge in [0.1, 0.15) is 6.61 Å². The highest BCUT2D eigenvalue weighted by Crippen LogP contribution is 2.26. The maximum atomic E-state index is 12.2. The van der Waals surface area contributed by atoms with Crippen molar-refractivity contribution in [3.8, 4) is 0 Å². The van der Waals surface area contributed by atoms with E-state index in [4.69, 9.17) is 38.9 Å². The van der Waals surface area contributed by atoms with Gasteiger partial charge < -0.3 is 38.9 Å². The van der Waals surface area contributed by atoms with Gasteiger partial charge in [0.05, 0.1) is 0 Å². The Bertz CT molecular complexity index is 930. The Hall–Kier alpha value is -4.24. The third-order valence-electron chi connectivity index (χ3n) is 4.19. The second-order valence-electron chi connectivity index (χ2n) is 7.68. The molecule has 0 aliphatic carbocycles. The van der Waals surface area contributed by atoms with E-state index in [1.165, 1.54) is 0 Å². The predicted octanol–water partition coefficient (Wildman–Crippen LogP) is -1.37. The topological polar surface area (TPSA) is 227 Å². The van der Waals surface area contributed by atoms with Gasteiger partial charge in [-0.1, -0.05) is 0 Å². The van der Waals surface area contributed by atoms with Gasteiger partial charge in [-0.15, -0.1) is 0 Å². The van der Waals surface area contributed by atoms with E-state index in [0.717, 1.165) is 48.5 Å². The fourth-order valence-corrected chi connectivity index (χ4v) is 3.14. The summed E-state index contributed by atoms with van der Waals surface area (Å²) in [5.41, 5.74) is 5.33. The quantitative estimate of drug-likeness (QED) is 0.195. The van der Waals surface area contributed by atoms with Crippen LogP contribution in [-0.2, 0) is 71.5 Å². The molecular weight excluding hydrogens is 518 g/mol. The number of carbonyl (C=O) groups is 8. The van der Waals surface area contributed by atoms with Gasteiger partial charge in [0, 0.05) is 48.5 Å². The fourth-order valence-electron chi connectivity index (χ4n) is 3.14. The first-order valence-corrected chi connectivity index (χ1v) is 10.9. The van der Waals surface area contributed by atoms with Gasteiger partial charge in [-0.2, -0.15) is 0 Å². The van der Waals surface area contributed by atoms with Crippen molar-refractivity contribution in [2.75, 3.05) is 6.61 Å². The molecule has 0 saturated heterocycles. The summed E-state index contributed by atoms with van der Waals surface area (Å²) in [4.78, 5) is 95.2. The first-order chi connectivity index (χ1) is 17.5. The number of hydrogen-bond acceptors (Lipinski definition) is 15. The van der Waals surface area contributed by atoms with Gasteiger partial charge in [-0.05, 0) is 0 Å². The Morgan fingerprint density at radius 1 is 0.474 bits per heavy atom. The molecule has 0 heterocycles. The van der Waals surface area contributed by atoms with Crippen LogP contribution >= 0.6 is 0 Å². The minimum absolute atomic E-state index is 0.751. The summed E-state index contributed by atoms with van der Waals surface area (Å²) in [6.07, 6.45) is -11.9. The molecule has 38 heavy (non-hydrogen) atoms. The second kappa shape index (κ2) is 15.8. The number of rotatable bonds is 14. The van der Waals surface area contributed by atoms with Gasteiger partial charge in [0.15, 0.2) is 30.5 Å². The maximum absolute atomic E-state index is 12.2. The molecule has 0 radical (unpaired) electrons. The molecule has 0 aliphatic heterocycles. The van der Waals surface area contributed by atoms with Crippen molar-refractivity contribution in [3.63, 3.8) is 0 Å². The number of hydrogen-bond donors (Lipinski definition) is 1. The summed E-state index contributed by atoms with van der Waals surface area (Å²) in [5, 5.41) is 0. The Kier molecular flexibility index (Phi) is 14.0. The zero-order chi connectivity index (χ0) is 29.7. The van der Waals surface area contributed by atoms with Gasteiger partial charge >= 0.3 is 41.8 Å². The van der Waals surface area contributed by atoms with Crippen LogP contribution in [0.1, 0.15) is 48.5 Å². The average Bonchev–Trinajstić information content (AvgIpc) is 2.73. The molecule has 2 N–H and O–H groups in total. The van der Waals surface area contributed by atoms with E-state index in [2.05, 4.69) is 0 Å². The SMILES string of the molecule is CC(=O)OC[C@@H](OC(C)=O)[C@@H](OC(C)=O)[C@H](OC(C)=O)[C@@H](OC(C)=O)[C@@H](OC(C)=O)[C@H](OC(C)=O)C(N)=O. The van der Waals surface area contributed by atoms with Crippen LogP contribution in [0.4, 0.5) is 0 Å². The molecule has 0 saturated carbocycles. The Morgan fingerprint density at radius 2 is 0.816 bits per heavy atom. The molecule has 16 nitrogen and oxygen atoms in total. The molecule has 6 atom stereocenters. The summed E-state index contributed by atoms with van der Waals surface area (Å²) in [7, 11) is 0. The third kappa shape index (κ3) is 12.6. The first kappa shape index (κ1) is 33.8. The zero-order valence-corrected chi connectivity index (χ0v) is 21.9. The lowest BCUT2D eigenvalue weighted by molar-refractivity contribution is -0.221. The van der Waals surface area contributed by atoms with Crippen molar-refractivity contribution >= 4 is 47.7 Å². The molecule has 0 rings (SSSR count). The molecule has 0 aromatic carbocycles. The molecule has 1 amide bonds. The average molecular weight is 549 g/mol. The molecule has 0 spiro atoms. The molecule has 0 fully saturated rings. The van der Waals surface area contributed by atoms with Gasteiger partial charge in [0.2, 0.25) is 6.10 Å². The van der Waals surface area contributed by atoms with Gasteiger partial charge in [-0.25, -0.2) is 0 Å². The van der Waals surface area contributed by atoms with Gasteiger partial charge in [-0.3, -0.25) is 38.4 Å². The van der Waals surface area contributed by atoms with Crippen LogP contribution in [0.15, 0.2) is 0 Å². The van der Waals surface area contributed by atoms with Crippen molar-refractivity contribution in [2.24, 2.45) is 5.73 Å². The monoisotopic (exact) mass is 549 g/mol. The lowest BCUT2D eigenvalue weighted by Gasteiger charge is -2.39. The summed E-state index contributed by atoms with van der Waals surface area (Å²) in [5.74, 6) is -8.55. The van der Waals surface area contributed by atoms with Crippen molar-refractivity contribution in [1.29, 1.82) is 0 Å². The molecule has 0 aliphatic rings. The smallest absolute Gasteiger partial charge is 0.303 e.